The number of oxime groups is 1. The number of rotatable bonds is 9. The summed E-state index contributed by atoms with van der Waals surface area (Å²) in [6.45, 7) is -1.75. The summed E-state index contributed by atoms with van der Waals surface area (Å²) in [6.07, 6.45) is -4.70. The van der Waals surface area contributed by atoms with Gasteiger partial charge in [-0.15, -0.1) is 28.2 Å². The van der Waals surface area contributed by atoms with Crippen LogP contribution in [0.4, 0.5) is 18.3 Å². The lowest BCUT2D eigenvalue weighted by molar-refractivity contribution is -0.174. The fraction of sp³-hybridized carbons (Fsp3) is 0.412. The van der Waals surface area contributed by atoms with Crippen LogP contribution >= 0.6 is 34.9 Å². The molecule has 4 heterocycles. The van der Waals surface area contributed by atoms with Crippen molar-refractivity contribution < 1.29 is 37.5 Å². The summed E-state index contributed by atoms with van der Waals surface area (Å²) < 4.78 is 38.8. The van der Waals surface area contributed by atoms with Gasteiger partial charge in [0.05, 0.1) is 0 Å². The van der Waals surface area contributed by atoms with Crippen LogP contribution in [0.2, 0.25) is 0 Å². The number of alkyl halides is 3. The molecule has 14 nitrogen and oxygen atoms in total. The number of tetrazole rings is 1. The second kappa shape index (κ2) is 10.5. The number of nitrogen functional groups attached to an aromatic ring is 1. The van der Waals surface area contributed by atoms with E-state index >= 15 is 0 Å². The van der Waals surface area contributed by atoms with Gasteiger partial charge in [-0.05, 0) is 16.0 Å². The number of anilines is 1. The molecule has 2 amide bonds. The first-order chi connectivity index (χ1) is 17.5. The molecule has 0 aliphatic carbocycles. The van der Waals surface area contributed by atoms with Crippen molar-refractivity contribution in [2.45, 2.75) is 22.7 Å². The normalized spacial score (nSPS) is 19.9. The van der Waals surface area contributed by atoms with Gasteiger partial charge in [0.25, 0.3) is 11.8 Å². The summed E-state index contributed by atoms with van der Waals surface area (Å²) in [5.74, 6) is -2.63. The zero-order valence-electron chi connectivity index (χ0n) is 18.5. The summed E-state index contributed by atoms with van der Waals surface area (Å²) in [5, 5.41) is 27.5. The number of thiazole rings is 1. The molecule has 4 N–H and O–H groups in total. The molecule has 2 atom stereocenters. The van der Waals surface area contributed by atoms with Gasteiger partial charge in [-0.1, -0.05) is 16.9 Å². The SMILES string of the molecule is Cn1nnnc1SCC1=C(C(=O)O)N2C(=O)C(NC(=O)/C(=N\OCC(F)(F)F)c3csc(N)n3)[C@H]2SC1. The van der Waals surface area contributed by atoms with E-state index in [1.54, 1.807) is 7.05 Å². The minimum absolute atomic E-state index is 0.0267. The third-order valence-electron chi connectivity index (χ3n) is 4.86. The fourth-order valence-corrected chi connectivity index (χ4v) is 6.15. The number of hydrogen-bond acceptors (Lipinski definition) is 13. The molecule has 1 saturated heterocycles. The summed E-state index contributed by atoms with van der Waals surface area (Å²) in [5.41, 5.74) is 5.03. The van der Waals surface area contributed by atoms with Crippen LogP contribution in [-0.2, 0) is 26.3 Å². The van der Waals surface area contributed by atoms with Gasteiger partial charge in [-0.3, -0.25) is 14.5 Å². The van der Waals surface area contributed by atoms with Gasteiger partial charge in [-0.2, -0.15) is 13.2 Å². The van der Waals surface area contributed by atoms with Crippen LogP contribution in [0.5, 0.6) is 0 Å². The van der Waals surface area contributed by atoms with Crippen molar-refractivity contribution in [2.24, 2.45) is 12.2 Å². The average Bonchev–Trinajstić information content (AvgIpc) is 3.44. The number of carbonyl (C=O) groups excluding carboxylic acids is 2. The Hall–Kier alpha value is -3.39. The molecule has 0 bridgehead atoms. The van der Waals surface area contributed by atoms with Crippen molar-refractivity contribution in [1.29, 1.82) is 0 Å². The van der Waals surface area contributed by atoms with E-state index in [2.05, 4.69) is 35.8 Å². The highest BCUT2D eigenvalue weighted by Gasteiger charge is 2.54. The first-order valence-electron chi connectivity index (χ1n) is 10.0. The van der Waals surface area contributed by atoms with Gasteiger partial charge < -0.3 is 21.0 Å². The van der Waals surface area contributed by atoms with Crippen LogP contribution in [0.15, 0.2) is 27.0 Å². The van der Waals surface area contributed by atoms with Gasteiger partial charge in [0.2, 0.25) is 11.8 Å². The Morgan fingerprint density at radius 3 is 2.78 bits per heavy atom. The lowest BCUT2D eigenvalue weighted by atomic mass is 10.0. The molecule has 0 radical (unpaired) electrons. The topological polar surface area (TPSA) is 191 Å². The number of carbonyl (C=O) groups is 3. The van der Waals surface area contributed by atoms with Crippen molar-refractivity contribution >= 4 is 63.5 Å². The number of thioether (sulfide) groups is 2. The van der Waals surface area contributed by atoms with Crippen molar-refractivity contribution in [3.63, 3.8) is 0 Å². The maximum Gasteiger partial charge on any atom is 0.425 e. The summed E-state index contributed by atoms with van der Waals surface area (Å²) in [7, 11) is 1.62. The highest BCUT2D eigenvalue weighted by atomic mass is 32.2. The Labute approximate surface area is 217 Å². The van der Waals surface area contributed by atoms with E-state index in [-0.39, 0.29) is 28.0 Å². The molecule has 20 heteroatoms. The maximum absolute atomic E-state index is 12.9. The Bertz CT molecular complexity index is 1290. The molecular formula is C17H16F3N9O5S3. The first kappa shape index (κ1) is 26.7. The predicted molar refractivity (Wildman–Crippen MR) is 124 cm³/mol. The number of aliphatic carboxylic acids is 1. The number of hydrogen-bond donors (Lipinski definition) is 3. The summed E-state index contributed by atoms with van der Waals surface area (Å²) >= 11 is 3.32. The number of aryl methyl sites for hydroxylation is 1. The summed E-state index contributed by atoms with van der Waals surface area (Å²) in [6, 6.07) is -1.16. The predicted octanol–water partition coefficient (Wildman–Crippen LogP) is 0.0627. The number of carboxylic acids is 1. The van der Waals surface area contributed by atoms with Crippen LogP contribution in [-0.4, -0.2) is 94.4 Å². The largest absolute Gasteiger partial charge is 0.477 e. The molecule has 2 aromatic rings. The second-order valence-corrected chi connectivity index (χ2v) is 10.3. The molecule has 0 saturated carbocycles. The molecule has 198 valence electrons. The van der Waals surface area contributed by atoms with E-state index < -0.39 is 47.7 Å². The van der Waals surface area contributed by atoms with E-state index in [4.69, 9.17) is 5.73 Å². The highest BCUT2D eigenvalue weighted by Crippen LogP contribution is 2.41. The lowest BCUT2D eigenvalue weighted by Gasteiger charge is -2.49. The third-order valence-corrected chi connectivity index (χ3v) is 7.97. The molecule has 2 aliphatic rings. The van der Waals surface area contributed by atoms with Crippen LogP contribution in [0.1, 0.15) is 5.69 Å². The molecule has 4 rings (SSSR count). The van der Waals surface area contributed by atoms with Crippen molar-refractivity contribution in [1.82, 2.24) is 35.4 Å². The Kier molecular flexibility index (Phi) is 7.59. The second-order valence-electron chi connectivity index (χ2n) is 7.39. The average molecular weight is 580 g/mol. The number of carboxylic acid groups (broad SMARTS) is 1. The van der Waals surface area contributed by atoms with Crippen LogP contribution in [0, 0.1) is 0 Å². The molecule has 1 fully saturated rings. The molecule has 0 spiro atoms. The number of halogens is 3. The lowest BCUT2D eigenvalue weighted by Crippen LogP contribution is -2.71. The van der Waals surface area contributed by atoms with Gasteiger partial charge in [0, 0.05) is 23.9 Å². The van der Waals surface area contributed by atoms with Crippen molar-refractivity contribution in [3.05, 3.63) is 22.3 Å². The minimum Gasteiger partial charge on any atom is -0.477 e. The Balaban J connectivity index is 1.49. The molecule has 0 aromatic carbocycles. The van der Waals surface area contributed by atoms with Gasteiger partial charge in [-0.25, -0.2) is 14.5 Å². The number of nitrogens with one attached hydrogen (secondary N) is 1. The molecular weight excluding hydrogens is 563 g/mol. The van der Waals surface area contributed by atoms with Crippen LogP contribution < -0.4 is 11.1 Å². The monoisotopic (exact) mass is 579 g/mol. The van der Waals surface area contributed by atoms with Gasteiger partial charge in [0.1, 0.15) is 22.8 Å². The Morgan fingerprint density at radius 1 is 1.43 bits per heavy atom. The summed E-state index contributed by atoms with van der Waals surface area (Å²) in [4.78, 5) is 46.9. The van der Waals surface area contributed by atoms with Gasteiger partial charge >= 0.3 is 12.1 Å². The molecule has 2 aromatic heterocycles. The third kappa shape index (κ3) is 5.80. The van der Waals surface area contributed by atoms with Crippen molar-refractivity contribution in [3.8, 4) is 0 Å². The maximum atomic E-state index is 12.9. The van der Waals surface area contributed by atoms with Crippen LogP contribution in [0.3, 0.4) is 0 Å². The van der Waals surface area contributed by atoms with E-state index in [1.165, 1.54) is 33.6 Å². The smallest absolute Gasteiger partial charge is 0.425 e. The van der Waals surface area contributed by atoms with E-state index in [0.29, 0.717) is 10.7 Å². The number of aromatic nitrogens is 5. The first-order valence-corrected chi connectivity index (χ1v) is 12.9. The Morgan fingerprint density at radius 2 is 2.19 bits per heavy atom. The zero-order valence-corrected chi connectivity index (χ0v) is 20.9. The number of fused-ring (bicyclic) bond motifs is 1. The standard InChI is InChI=1S/C17H16F3N9O5S3/c1-28-16(24-26-27-28)37-3-6-2-35-13-9(12(31)29(13)10(6)14(32)33)23-11(30)8(7-4-36-15(21)22-7)25-34-5-17(18,19)20/h4,9,13H,2-3,5H2,1H3,(H2,21,22)(H,23,30)(H,32,33)/b25-8-/t9?,13-/m1/s1. The highest BCUT2D eigenvalue weighted by molar-refractivity contribution is 8.01. The number of nitrogens with zero attached hydrogens (tertiary/aromatic N) is 7. The molecule has 2 aliphatic heterocycles. The number of nitrogens with two attached hydrogens (primary N) is 1. The molecule has 37 heavy (non-hydrogen) atoms. The van der Waals surface area contributed by atoms with Crippen molar-refractivity contribution in [2.75, 3.05) is 23.8 Å². The van der Waals surface area contributed by atoms with Crippen LogP contribution in [0.25, 0.3) is 0 Å². The van der Waals surface area contributed by atoms with E-state index in [9.17, 15) is 32.7 Å². The number of amides is 2. The van der Waals surface area contributed by atoms with Gasteiger partial charge in [0.15, 0.2) is 10.8 Å². The quantitative estimate of drug-likeness (QED) is 0.157. The fourth-order valence-electron chi connectivity index (χ4n) is 3.27. The number of β-lactam (4-membered cyclic amide) rings is 1. The van der Waals surface area contributed by atoms with E-state index in [1.807, 2.05) is 0 Å². The minimum atomic E-state index is -4.70. The molecule has 1 unspecified atom stereocenters. The van der Waals surface area contributed by atoms with E-state index in [0.717, 1.165) is 16.2 Å². The zero-order chi connectivity index (χ0) is 26.9.